The van der Waals surface area contributed by atoms with Crippen molar-refractivity contribution in [2.24, 2.45) is 0 Å². The topological polar surface area (TPSA) is 95.6 Å². The molecule has 0 radical (unpaired) electrons. The molecule has 0 saturated carbocycles. The van der Waals surface area contributed by atoms with Gasteiger partial charge in [0, 0.05) is 6.07 Å². The minimum absolute atomic E-state index is 0.136. The predicted molar refractivity (Wildman–Crippen MR) is 72.9 cm³/mol. The van der Waals surface area contributed by atoms with E-state index in [9.17, 15) is 10.1 Å². The lowest BCUT2D eigenvalue weighted by atomic mass is 10.1. The molecule has 1 N–H and O–H groups in total. The summed E-state index contributed by atoms with van der Waals surface area (Å²) in [5.74, 6) is 0.419. The summed E-state index contributed by atoms with van der Waals surface area (Å²) in [6, 6.07) is 13.6. The number of nitrogens with one attached hydrogen (secondary N) is 1. The zero-order valence-corrected chi connectivity index (χ0v) is 10.2. The van der Waals surface area contributed by atoms with Crippen LogP contribution in [0.4, 0.5) is 5.69 Å². The number of hydrogen-bond donors (Lipinski definition) is 1. The monoisotopic (exact) mass is 264 g/mol. The van der Waals surface area contributed by atoms with Crippen molar-refractivity contribution < 1.29 is 4.92 Å². The highest BCUT2D eigenvalue weighted by Crippen LogP contribution is 2.30. The number of nitriles is 1. The van der Waals surface area contributed by atoms with E-state index in [1.807, 2.05) is 30.3 Å². The van der Waals surface area contributed by atoms with Gasteiger partial charge in [-0.3, -0.25) is 10.1 Å². The molecule has 1 heterocycles. The molecule has 6 nitrogen and oxygen atoms in total. The number of rotatable bonds is 2. The second-order valence-electron chi connectivity index (χ2n) is 4.20. The molecular weight excluding hydrogens is 256 g/mol. The van der Waals surface area contributed by atoms with Gasteiger partial charge in [-0.05, 0) is 24.3 Å². The van der Waals surface area contributed by atoms with Crippen LogP contribution < -0.4 is 0 Å². The lowest BCUT2D eigenvalue weighted by molar-refractivity contribution is -0.384. The first kappa shape index (κ1) is 11.9. The number of H-pyrrole nitrogens is 1. The summed E-state index contributed by atoms with van der Waals surface area (Å²) in [5.41, 5.74) is 2.02. The standard InChI is InChI=1S/C14H8N4O2/c15-8-9-5-6-10(13(7-9)18(19)20)14-16-11-3-1-2-4-12(11)17-14/h1-7H,(H,16,17). The van der Waals surface area contributed by atoms with Gasteiger partial charge in [-0.2, -0.15) is 5.26 Å². The molecule has 0 atom stereocenters. The van der Waals surface area contributed by atoms with Gasteiger partial charge < -0.3 is 4.98 Å². The fourth-order valence-electron chi connectivity index (χ4n) is 2.03. The summed E-state index contributed by atoms with van der Waals surface area (Å²) in [6.07, 6.45) is 0. The summed E-state index contributed by atoms with van der Waals surface area (Å²) >= 11 is 0. The molecule has 0 aliphatic rings. The molecule has 2 aromatic carbocycles. The zero-order valence-electron chi connectivity index (χ0n) is 10.2. The fourth-order valence-corrected chi connectivity index (χ4v) is 2.03. The van der Waals surface area contributed by atoms with E-state index < -0.39 is 4.92 Å². The molecule has 0 aliphatic heterocycles. The number of benzene rings is 2. The highest BCUT2D eigenvalue weighted by atomic mass is 16.6. The van der Waals surface area contributed by atoms with Crippen molar-refractivity contribution >= 4 is 16.7 Å². The Hall–Kier alpha value is -3.20. The average molecular weight is 264 g/mol. The number of fused-ring (bicyclic) bond motifs is 1. The van der Waals surface area contributed by atoms with Gasteiger partial charge in [0.2, 0.25) is 0 Å². The maximum absolute atomic E-state index is 11.1. The lowest BCUT2D eigenvalue weighted by Crippen LogP contribution is -1.94. The van der Waals surface area contributed by atoms with Crippen molar-refractivity contribution in [3.8, 4) is 17.5 Å². The van der Waals surface area contributed by atoms with Crippen LogP contribution in [0.2, 0.25) is 0 Å². The third-order valence-electron chi connectivity index (χ3n) is 2.97. The van der Waals surface area contributed by atoms with Crippen LogP contribution in [0.5, 0.6) is 0 Å². The van der Waals surface area contributed by atoms with Gasteiger partial charge in [0.25, 0.3) is 5.69 Å². The third kappa shape index (κ3) is 1.87. The minimum atomic E-state index is -0.511. The average Bonchev–Trinajstić information content (AvgIpc) is 2.90. The van der Waals surface area contributed by atoms with Gasteiger partial charge in [-0.1, -0.05) is 12.1 Å². The first-order valence-corrected chi connectivity index (χ1v) is 5.82. The molecule has 0 fully saturated rings. The molecule has 3 rings (SSSR count). The van der Waals surface area contributed by atoms with Crippen LogP contribution in [0.3, 0.4) is 0 Å². The van der Waals surface area contributed by atoms with E-state index in [0.29, 0.717) is 11.4 Å². The number of aromatic nitrogens is 2. The highest BCUT2D eigenvalue weighted by molar-refractivity contribution is 5.81. The zero-order chi connectivity index (χ0) is 14.1. The Kier molecular flexibility index (Phi) is 2.66. The first-order chi connectivity index (χ1) is 9.69. The second-order valence-corrected chi connectivity index (χ2v) is 4.20. The summed E-state index contributed by atoms with van der Waals surface area (Å²) in [6.45, 7) is 0. The van der Waals surface area contributed by atoms with Gasteiger partial charge in [0.15, 0.2) is 0 Å². The number of nitro groups is 1. The Morgan fingerprint density at radius 3 is 2.75 bits per heavy atom. The van der Waals surface area contributed by atoms with Crippen LogP contribution in [0.25, 0.3) is 22.4 Å². The van der Waals surface area contributed by atoms with Crippen LogP contribution in [-0.2, 0) is 0 Å². The highest BCUT2D eigenvalue weighted by Gasteiger charge is 2.18. The number of imidazole rings is 1. The molecule has 0 amide bonds. The van der Waals surface area contributed by atoms with E-state index >= 15 is 0 Å². The Morgan fingerprint density at radius 1 is 1.25 bits per heavy atom. The van der Waals surface area contributed by atoms with E-state index in [1.54, 1.807) is 0 Å². The van der Waals surface area contributed by atoms with Gasteiger partial charge in [-0.25, -0.2) is 4.98 Å². The Labute approximate surface area is 113 Å². The summed E-state index contributed by atoms with van der Waals surface area (Å²) in [4.78, 5) is 18.0. The largest absolute Gasteiger partial charge is 0.338 e. The van der Waals surface area contributed by atoms with Crippen molar-refractivity contribution in [2.75, 3.05) is 0 Å². The smallest absolute Gasteiger partial charge is 0.281 e. The van der Waals surface area contributed by atoms with Crippen molar-refractivity contribution in [1.82, 2.24) is 9.97 Å². The molecule has 0 bridgehead atoms. The molecule has 3 aromatic rings. The van der Waals surface area contributed by atoms with Crippen LogP contribution in [0.1, 0.15) is 5.56 Å². The van der Waals surface area contributed by atoms with E-state index in [4.69, 9.17) is 5.26 Å². The lowest BCUT2D eigenvalue weighted by Gasteiger charge is -1.99. The maximum atomic E-state index is 11.1. The quantitative estimate of drug-likeness (QED) is 0.568. The van der Waals surface area contributed by atoms with Crippen molar-refractivity contribution in [3.05, 3.63) is 58.1 Å². The van der Waals surface area contributed by atoms with E-state index in [2.05, 4.69) is 9.97 Å². The first-order valence-electron chi connectivity index (χ1n) is 5.82. The molecule has 6 heteroatoms. The second kappa shape index (κ2) is 4.48. The third-order valence-corrected chi connectivity index (χ3v) is 2.97. The van der Waals surface area contributed by atoms with Crippen LogP contribution >= 0.6 is 0 Å². The van der Waals surface area contributed by atoms with E-state index in [1.165, 1.54) is 18.2 Å². The maximum Gasteiger partial charge on any atom is 0.281 e. The normalized spacial score (nSPS) is 10.3. The molecule has 0 aliphatic carbocycles. The van der Waals surface area contributed by atoms with Gasteiger partial charge in [0.1, 0.15) is 5.82 Å². The number of nitrogens with zero attached hydrogens (tertiary/aromatic N) is 3. The number of aromatic amines is 1. The molecular formula is C14H8N4O2. The minimum Gasteiger partial charge on any atom is -0.338 e. The van der Waals surface area contributed by atoms with Crippen LogP contribution in [0.15, 0.2) is 42.5 Å². The molecule has 0 spiro atoms. The Balaban J connectivity index is 2.23. The molecule has 20 heavy (non-hydrogen) atoms. The summed E-state index contributed by atoms with van der Waals surface area (Å²) < 4.78 is 0. The molecule has 1 aromatic heterocycles. The number of hydrogen-bond acceptors (Lipinski definition) is 4. The molecule has 0 saturated heterocycles. The Bertz CT molecular complexity index is 828. The Morgan fingerprint density at radius 2 is 2.05 bits per heavy atom. The molecule has 0 unspecified atom stereocenters. The van der Waals surface area contributed by atoms with Crippen molar-refractivity contribution in [1.29, 1.82) is 5.26 Å². The van der Waals surface area contributed by atoms with E-state index in [-0.39, 0.29) is 11.3 Å². The van der Waals surface area contributed by atoms with Crippen LogP contribution in [-0.4, -0.2) is 14.9 Å². The predicted octanol–water partition coefficient (Wildman–Crippen LogP) is 3.01. The van der Waals surface area contributed by atoms with Crippen molar-refractivity contribution in [2.45, 2.75) is 0 Å². The number of nitro benzene ring substituents is 1. The van der Waals surface area contributed by atoms with Gasteiger partial charge in [0.05, 0.1) is 33.2 Å². The van der Waals surface area contributed by atoms with Gasteiger partial charge in [-0.15, -0.1) is 0 Å². The van der Waals surface area contributed by atoms with Gasteiger partial charge >= 0.3 is 0 Å². The molecule has 96 valence electrons. The van der Waals surface area contributed by atoms with E-state index in [0.717, 1.165) is 11.0 Å². The van der Waals surface area contributed by atoms with Crippen LogP contribution in [0, 0.1) is 21.4 Å². The summed E-state index contributed by atoms with van der Waals surface area (Å²) in [5, 5.41) is 20.0. The number of para-hydroxylation sites is 2. The summed E-state index contributed by atoms with van der Waals surface area (Å²) in [7, 11) is 0. The fraction of sp³-hybridized carbons (Fsp3) is 0. The van der Waals surface area contributed by atoms with Crippen molar-refractivity contribution in [3.63, 3.8) is 0 Å². The SMILES string of the molecule is N#Cc1ccc(-c2nc3ccccc3[nH]2)c([N+](=O)[O-])c1.